The van der Waals surface area contributed by atoms with Gasteiger partial charge in [0.05, 0.1) is 11.7 Å². The summed E-state index contributed by atoms with van der Waals surface area (Å²) in [7, 11) is 4.02. The minimum absolute atomic E-state index is 0.0222. The Labute approximate surface area is 151 Å². The standard InChI is InChI=1S/C19H31N5O/c1-19(2,3)16-9-10-17(21-20-16)24-12-14(13-24)23(5)15-8-6-7-11-22(4)18(15)25/h9-10,14-15H,6-8,11-13H2,1-5H3. The molecule has 1 unspecified atom stereocenters. The molecule has 1 atom stereocenters. The number of rotatable bonds is 3. The van der Waals surface area contributed by atoms with Gasteiger partial charge >= 0.3 is 0 Å². The molecular formula is C19H31N5O. The summed E-state index contributed by atoms with van der Waals surface area (Å²) in [6.07, 6.45) is 3.20. The van der Waals surface area contributed by atoms with Gasteiger partial charge in [-0.3, -0.25) is 9.69 Å². The molecule has 0 spiro atoms. The Hall–Kier alpha value is -1.69. The van der Waals surface area contributed by atoms with Gasteiger partial charge in [0.25, 0.3) is 0 Å². The highest BCUT2D eigenvalue weighted by molar-refractivity contribution is 5.82. The summed E-state index contributed by atoms with van der Waals surface area (Å²) in [5.74, 6) is 1.20. The summed E-state index contributed by atoms with van der Waals surface area (Å²) in [4.78, 5) is 19.0. The molecule has 2 aliphatic heterocycles. The second-order valence-corrected chi connectivity index (χ2v) is 8.52. The first kappa shape index (κ1) is 18.1. The number of hydrogen-bond donors (Lipinski definition) is 0. The van der Waals surface area contributed by atoms with E-state index in [1.165, 1.54) is 0 Å². The van der Waals surface area contributed by atoms with E-state index in [-0.39, 0.29) is 17.4 Å². The lowest BCUT2D eigenvalue weighted by Crippen LogP contribution is -2.62. The SMILES string of the molecule is CN1CCCCC(N(C)C2CN(c3ccc(C(C)(C)C)nn3)C2)C1=O. The van der Waals surface area contributed by atoms with Crippen molar-refractivity contribution in [1.82, 2.24) is 20.0 Å². The second-order valence-electron chi connectivity index (χ2n) is 8.52. The van der Waals surface area contributed by atoms with Crippen molar-refractivity contribution < 1.29 is 4.79 Å². The van der Waals surface area contributed by atoms with Crippen molar-refractivity contribution in [2.75, 3.05) is 38.6 Å². The Balaban J connectivity index is 1.59. The number of hydrogen-bond acceptors (Lipinski definition) is 5. The summed E-state index contributed by atoms with van der Waals surface area (Å²) >= 11 is 0. The Kier molecular flexibility index (Phi) is 5.00. The van der Waals surface area contributed by atoms with Crippen LogP contribution in [0.4, 0.5) is 5.82 Å². The van der Waals surface area contributed by atoms with E-state index in [0.29, 0.717) is 6.04 Å². The third kappa shape index (κ3) is 3.78. The molecule has 0 aliphatic carbocycles. The van der Waals surface area contributed by atoms with Crippen LogP contribution in [0.2, 0.25) is 0 Å². The van der Waals surface area contributed by atoms with Crippen molar-refractivity contribution in [3.8, 4) is 0 Å². The first-order valence-electron chi connectivity index (χ1n) is 9.33. The highest BCUT2D eigenvalue weighted by atomic mass is 16.2. The van der Waals surface area contributed by atoms with E-state index in [9.17, 15) is 4.79 Å². The monoisotopic (exact) mass is 345 g/mol. The van der Waals surface area contributed by atoms with Gasteiger partial charge < -0.3 is 9.80 Å². The summed E-state index contributed by atoms with van der Waals surface area (Å²) in [5, 5.41) is 8.78. The van der Waals surface area contributed by atoms with Gasteiger partial charge in [0, 0.05) is 38.1 Å². The Morgan fingerprint density at radius 2 is 1.88 bits per heavy atom. The van der Waals surface area contributed by atoms with E-state index in [0.717, 1.165) is 50.4 Å². The topological polar surface area (TPSA) is 52.6 Å². The molecule has 1 amide bonds. The van der Waals surface area contributed by atoms with Gasteiger partial charge in [-0.25, -0.2) is 0 Å². The lowest BCUT2D eigenvalue weighted by Gasteiger charge is -2.46. The first-order chi connectivity index (χ1) is 11.8. The zero-order chi connectivity index (χ0) is 18.2. The van der Waals surface area contributed by atoms with Crippen molar-refractivity contribution in [3.63, 3.8) is 0 Å². The predicted molar refractivity (Wildman–Crippen MR) is 99.8 cm³/mol. The van der Waals surface area contributed by atoms with Gasteiger partial charge in [-0.2, -0.15) is 5.10 Å². The van der Waals surface area contributed by atoms with Crippen molar-refractivity contribution >= 4 is 11.7 Å². The van der Waals surface area contributed by atoms with Crippen LogP contribution in [-0.4, -0.2) is 71.7 Å². The molecule has 0 aromatic carbocycles. The summed E-state index contributed by atoms with van der Waals surface area (Å²) in [6.45, 7) is 9.14. The normalized spacial score (nSPS) is 23.0. The number of likely N-dealkylation sites (N-methyl/N-ethyl adjacent to an activating group) is 2. The molecule has 3 heterocycles. The van der Waals surface area contributed by atoms with Gasteiger partial charge in [-0.05, 0) is 38.4 Å². The zero-order valence-corrected chi connectivity index (χ0v) is 16.2. The summed E-state index contributed by atoms with van der Waals surface area (Å²) < 4.78 is 0. The number of carbonyl (C=O) groups excluding carboxylic acids is 1. The molecule has 6 nitrogen and oxygen atoms in total. The van der Waals surface area contributed by atoms with Gasteiger partial charge in [0.1, 0.15) is 0 Å². The fourth-order valence-corrected chi connectivity index (χ4v) is 3.60. The van der Waals surface area contributed by atoms with Crippen molar-refractivity contribution in [2.45, 2.75) is 57.5 Å². The van der Waals surface area contributed by atoms with E-state index in [1.54, 1.807) is 0 Å². The summed E-state index contributed by atoms with van der Waals surface area (Å²) in [6, 6.07) is 4.57. The van der Waals surface area contributed by atoms with Crippen LogP contribution < -0.4 is 4.90 Å². The van der Waals surface area contributed by atoms with Crippen LogP contribution in [-0.2, 0) is 10.2 Å². The van der Waals surface area contributed by atoms with Gasteiger partial charge in [0.15, 0.2) is 5.82 Å². The molecule has 0 N–H and O–H groups in total. The number of likely N-dealkylation sites (tertiary alicyclic amines) is 1. The third-order valence-corrected chi connectivity index (χ3v) is 5.56. The highest BCUT2D eigenvalue weighted by Gasteiger charge is 2.38. The van der Waals surface area contributed by atoms with Gasteiger partial charge in [-0.1, -0.05) is 20.8 Å². The van der Waals surface area contributed by atoms with Crippen LogP contribution in [0.5, 0.6) is 0 Å². The molecule has 3 rings (SSSR count). The maximum Gasteiger partial charge on any atom is 0.239 e. The van der Waals surface area contributed by atoms with E-state index in [1.807, 2.05) is 11.9 Å². The number of nitrogens with zero attached hydrogens (tertiary/aromatic N) is 5. The quantitative estimate of drug-likeness (QED) is 0.837. The molecule has 0 saturated carbocycles. The van der Waals surface area contributed by atoms with Gasteiger partial charge in [0.2, 0.25) is 5.91 Å². The zero-order valence-electron chi connectivity index (χ0n) is 16.2. The third-order valence-electron chi connectivity index (χ3n) is 5.56. The number of aromatic nitrogens is 2. The molecule has 1 aromatic heterocycles. The Morgan fingerprint density at radius 1 is 1.16 bits per heavy atom. The second kappa shape index (κ2) is 6.90. The molecule has 1 aromatic rings. The van der Waals surface area contributed by atoms with Crippen LogP contribution in [0.1, 0.15) is 45.7 Å². The fourth-order valence-electron chi connectivity index (χ4n) is 3.60. The van der Waals surface area contributed by atoms with Crippen LogP contribution in [0.15, 0.2) is 12.1 Å². The summed E-state index contributed by atoms with van der Waals surface area (Å²) in [5.41, 5.74) is 1.03. The van der Waals surface area contributed by atoms with Crippen molar-refractivity contribution in [1.29, 1.82) is 0 Å². The number of amides is 1. The molecule has 6 heteroatoms. The maximum absolute atomic E-state index is 12.6. The molecule has 2 saturated heterocycles. The lowest BCUT2D eigenvalue weighted by atomic mass is 9.92. The molecule has 2 fully saturated rings. The van der Waals surface area contributed by atoms with Crippen LogP contribution in [0, 0.1) is 0 Å². The molecule has 2 aliphatic rings. The molecule has 0 radical (unpaired) electrons. The van der Waals surface area contributed by atoms with E-state index in [2.05, 4.69) is 59.9 Å². The Morgan fingerprint density at radius 3 is 2.48 bits per heavy atom. The van der Waals surface area contributed by atoms with E-state index >= 15 is 0 Å². The lowest BCUT2D eigenvalue weighted by molar-refractivity contribution is -0.135. The predicted octanol–water partition coefficient (Wildman–Crippen LogP) is 1.91. The first-order valence-corrected chi connectivity index (χ1v) is 9.33. The van der Waals surface area contributed by atoms with Crippen LogP contribution >= 0.6 is 0 Å². The minimum atomic E-state index is 0.0222. The largest absolute Gasteiger partial charge is 0.352 e. The molecule has 138 valence electrons. The smallest absolute Gasteiger partial charge is 0.239 e. The van der Waals surface area contributed by atoms with Gasteiger partial charge in [-0.15, -0.1) is 5.10 Å². The fraction of sp³-hybridized carbons (Fsp3) is 0.737. The molecule has 0 bridgehead atoms. The van der Waals surface area contributed by atoms with Crippen molar-refractivity contribution in [2.24, 2.45) is 0 Å². The highest BCUT2D eigenvalue weighted by Crippen LogP contribution is 2.26. The number of anilines is 1. The van der Waals surface area contributed by atoms with Crippen molar-refractivity contribution in [3.05, 3.63) is 17.8 Å². The van der Waals surface area contributed by atoms with E-state index < -0.39 is 0 Å². The van der Waals surface area contributed by atoms with Crippen LogP contribution in [0.25, 0.3) is 0 Å². The molecule has 25 heavy (non-hydrogen) atoms. The Bertz CT molecular complexity index is 603. The minimum Gasteiger partial charge on any atom is -0.352 e. The van der Waals surface area contributed by atoms with E-state index in [4.69, 9.17) is 0 Å². The average molecular weight is 345 g/mol. The average Bonchev–Trinajstić information content (AvgIpc) is 2.67. The number of carbonyl (C=O) groups is 1. The van der Waals surface area contributed by atoms with Crippen LogP contribution in [0.3, 0.4) is 0 Å². The molecular weight excluding hydrogens is 314 g/mol. The maximum atomic E-state index is 12.6.